The molecule has 0 bridgehead atoms. The van der Waals surface area contributed by atoms with Gasteiger partial charge < -0.3 is 14.8 Å². The molecule has 0 spiro atoms. The SMILES string of the molecule is COCCNCC1(CCC(C)(C)OC)CC2CC2C1. The first-order valence-corrected chi connectivity index (χ1v) is 7.75. The van der Waals surface area contributed by atoms with Crippen LogP contribution < -0.4 is 5.32 Å². The van der Waals surface area contributed by atoms with Gasteiger partial charge in [-0.1, -0.05) is 0 Å². The molecule has 0 aromatic carbocycles. The lowest BCUT2D eigenvalue weighted by atomic mass is 9.76. The van der Waals surface area contributed by atoms with Crippen LogP contribution in [-0.4, -0.2) is 39.5 Å². The van der Waals surface area contributed by atoms with Crippen molar-refractivity contribution in [3.05, 3.63) is 0 Å². The zero-order valence-corrected chi connectivity index (χ0v) is 13.1. The minimum absolute atomic E-state index is 0.0201. The Balaban J connectivity index is 1.81. The maximum absolute atomic E-state index is 5.58. The molecule has 3 heteroatoms. The average Bonchev–Trinajstić information content (AvgIpc) is 3.01. The maximum atomic E-state index is 5.58. The van der Waals surface area contributed by atoms with Crippen LogP contribution in [0.15, 0.2) is 0 Å². The van der Waals surface area contributed by atoms with Gasteiger partial charge in [-0.3, -0.25) is 0 Å². The molecule has 2 rings (SSSR count). The Morgan fingerprint density at radius 3 is 2.47 bits per heavy atom. The van der Waals surface area contributed by atoms with E-state index in [1.165, 1.54) is 25.7 Å². The zero-order chi connectivity index (χ0) is 13.9. The Kier molecular flexibility index (Phi) is 4.91. The molecule has 3 nitrogen and oxygen atoms in total. The number of nitrogens with one attached hydrogen (secondary N) is 1. The van der Waals surface area contributed by atoms with E-state index >= 15 is 0 Å². The fourth-order valence-electron chi connectivity index (χ4n) is 3.64. The van der Waals surface area contributed by atoms with Crippen LogP contribution in [0.2, 0.25) is 0 Å². The molecule has 112 valence electrons. The predicted molar refractivity (Wildman–Crippen MR) is 78.3 cm³/mol. The number of fused-ring (bicyclic) bond motifs is 1. The Morgan fingerprint density at radius 2 is 1.89 bits per heavy atom. The van der Waals surface area contributed by atoms with Gasteiger partial charge in [0, 0.05) is 27.3 Å². The van der Waals surface area contributed by atoms with Crippen LogP contribution in [0.3, 0.4) is 0 Å². The monoisotopic (exact) mass is 269 g/mol. The summed E-state index contributed by atoms with van der Waals surface area (Å²) in [4.78, 5) is 0. The minimum Gasteiger partial charge on any atom is -0.383 e. The molecule has 2 aliphatic carbocycles. The number of ether oxygens (including phenoxy) is 2. The summed E-state index contributed by atoms with van der Waals surface area (Å²) in [5.74, 6) is 2.07. The first kappa shape index (κ1) is 15.3. The molecule has 2 unspecified atom stereocenters. The number of hydrogen-bond acceptors (Lipinski definition) is 3. The van der Waals surface area contributed by atoms with E-state index in [1.807, 2.05) is 7.11 Å². The van der Waals surface area contributed by atoms with E-state index in [0.717, 1.165) is 38.0 Å². The lowest BCUT2D eigenvalue weighted by molar-refractivity contribution is 0.00247. The predicted octanol–water partition coefficient (Wildman–Crippen LogP) is 2.84. The second kappa shape index (κ2) is 6.11. The highest BCUT2D eigenvalue weighted by Gasteiger charge is 2.53. The summed E-state index contributed by atoms with van der Waals surface area (Å²) in [6, 6.07) is 0. The molecular weight excluding hydrogens is 238 g/mol. The lowest BCUT2D eigenvalue weighted by Gasteiger charge is -2.35. The largest absolute Gasteiger partial charge is 0.383 e. The molecule has 19 heavy (non-hydrogen) atoms. The Bertz CT molecular complexity index is 280. The van der Waals surface area contributed by atoms with Crippen molar-refractivity contribution in [3.8, 4) is 0 Å². The van der Waals surface area contributed by atoms with E-state index in [2.05, 4.69) is 19.2 Å². The summed E-state index contributed by atoms with van der Waals surface area (Å²) >= 11 is 0. The van der Waals surface area contributed by atoms with Gasteiger partial charge in [-0.05, 0) is 63.2 Å². The average molecular weight is 269 g/mol. The van der Waals surface area contributed by atoms with E-state index in [4.69, 9.17) is 9.47 Å². The van der Waals surface area contributed by atoms with Crippen LogP contribution >= 0.6 is 0 Å². The van der Waals surface area contributed by atoms with Gasteiger partial charge in [0.2, 0.25) is 0 Å². The minimum atomic E-state index is 0.0201. The molecule has 2 fully saturated rings. The van der Waals surface area contributed by atoms with Crippen molar-refractivity contribution in [1.29, 1.82) is 0 Å². The van der Waals surface area contributed by atoms with Gasteiger partial charge in [0.05, 0.1) is 12.2 Å². The fraction of sp³-hybridized carbons (Fsp3) is 1.00. The quantitative estimate of drug-likeness (QED) is 0.653. The fourth-order valence-corrected chi connectivity index (χ4v) is 3.64. The second-order valence-corrected chi connectivity index (χ2v) is 7.30. The summed E-state index contributed by atoms with van der Waals surface area (Å²) in [5, 5.41) is 3.60. The summed E-state index contributed by atoms with van der Waals surface area (Å²) in [5.41, 5.74) is 0.545. The summed E-state index contributed by atoms with van der Waals surface area (Å²) in [6.45, 7) is 7.35. The van der Waals surface area contributed by atoms with Crippen LogP contribution in [0.1, 0.15) is 46.0 Å². The molecule has 0 aromatic heterocycles. The van der Waals surface area contributed by atoms with Crippen LogP contribution in [-0.2, 0) is 9.47 Å². The van der Waals surface area contributed by atoms with Crippen molar-refractivity contribution in [2.75, 3.05) is 33.9 Å². The molecule has 0 heterocycles. The third-order valence-electron chi connectivity index (χ3n) is 5.25. The van der Waals surface area contributed by atoms with Crippen LogP contribution in [0, 0.1) is 17.3 Å². The van der Waals surface area contributed by atoms with Gasteiger partial charge in [0.15, 0.2) is 0 Å². The van der Waals surface area contributed by atoms with Crippen molar-refractivity contribution in [1.82, 2.24) is 5.32 Å². The Morgan fingerprint density at radius 1 is 1.21 bits per heavy atom. The van der Waals surface area contributed by atoms with Crippen molar-refractivity contribution >= 4 is 0 Å². The number of rotatable bonds is 9. The number of methoxy groups -OCH3 is 2. The van der Waals surface area contributed by atoms with Gasteiger partial charge in [-0.2, -0.15) is 0 Å². The third kappa shape index (κ3) is 4.17. The summed E-state index contributed by atoms with van der Waals surface area (Å²) < 4.78 is 10.7. The van der Waals surface area contributed by atoms with E-state index in [1.54, 1.807) is 7.11 Å². The molecule has 1 N–H and O–H groups in total. The molecule has 2 aliphatic rings. The highest BCUT2D eigenvalue weighted by atomic mass is 16.5. The maximum Gasteiger partial charge on any atom is 0.0623 e. The molecular formula is C16H31NO2. The topological polar surface area (TPSA) is 30.5 Å². The molecule has 0 amide bonds. The second-order valence-electron chi connectivity index (χ2n) is 7.30. The van der Waals surface area contributed by atoms with Crippen molar-refractivity contribution in [2.45, 2.75) is 51.6 Å². The lowest BCUT2D eigenvalue weighted by Crippen LogP contribution is -2.37. The molecule has 0 aromatic rings. The summed E-state index contributed by atoms with van der Waals surface area (Å²) in [6.07, 6.45) is 6.80. The number of hydrogen-bond donors (Lipinski definition) is 1. The van der Waals surface area contributed by atoms with Crippen molar-refractivity contribution < 1.29 is 9.47 Å². The van der Waals surface area contributed by atoms with E-state index in [0.29, 0.717) is 5.41 Å². The van der Waals surface area contributed by atoms with Gasteiger partial charge in [-0.25, -0.2) is 0 Å². The van der Waals surface area contributed by atoms with Crippen LogP contribution in [0.5, 0.6) is 0 Å². The zero-order valence-electron chi connectivity index (χ0n) is 13.1. The molecule has 0 saturated heterocycles. The Hall–Kier alpha value is -0.120. The van der Waals surface area contributed by atoms with Gasteiger partial charge >= 0.3 is 0 Å². The molecule has 0 radical (unpaired) electrons. The molecule has 2 atom stereocenters. The third-order valence-corrected chi connectivity index (χ3v) is 5.25. The van der Waals surface area contributed by atoms with E-state index < -0.39 is 0 Å². The van der Waals surface area contributed by atoms with E-state index in [9.17, 15) is 0 Å². The van der Waals surface area contributed by atoms with Gasteiger partial charge in [-0.15, -0.1) is 0 Å². The summed E-state index contributed by atoms with van der Waals surface area (Å²) in [7, 11) is 3.60. The van der Waals surface area contributed by atoms with Crippen molar-refractivity contribution in [3.63, 3.8) is 0 Å². The van der Waals surface area contributed by atoms with Crippen LogP contribution in [0.25, 0.3) is 0 Å². The first-order valence-electron chi connectivity index (χ1n) is 7.75. The van der Waals surface area contributed by atoms with Gasteiger partial charge in [0.25, 0.3) is 0 Å². The van der Waals surface area contributed by atoms with E-state index in [-0.39, 0.29) is 5.60 Å². The highest BCUT2D eigenvalue weighted by Crippen LogP contribution is 2.61. The van der Waals surface area contributed by atoms with Crippen molar-refractivity contribution in [2.24, 2.45) is 17.3 Å². The smallest absolute Gasteiger partial charge is 0.0623 e. The molecule has 2 saturated carbocycles. The first-order chi connectivity index (χ1) is 9.00. The normalized spacial score (nSPS) is 33.5. The standard InChI is InChI=1S/C16H31NO2/c1-15(2,19-4)5-6-16(12-17-7-8-18-3)10-13-9-14(13)11-16/h13-14,17H,5-12H2,1-4H3. The van der Waals surface area contributed by atoms with Gasteiger partial charge in [0.1, 0.15) is 0 Å². The molecule has 0 aliphatic heterocycles. The highest BCUT2D eigenvalue weighted by molar-refractivity contribution is 5.04. The Labute approximate surface area is 118 Å². The van der Waals surface area contributed by atoms with Crippen LogP contribution in [0.4, 0.5) is 0 Å².